The van der Waals surface area contributed by atoms with Crippen molar-refractivity contribution in [1.82, 2.24) is 0 Å². The lowest BCUT2D eigenvalue weighted by atomic mass is 9.84. The summed E-state index contributed by atoms with van der Waals surface area (Å²) in [6, 6.07) is 0. The first-order chi connectivity index (χ1) is 18.1. The summed E-state index contributed by atoms with van der Waals surface area (Å²) in [6.45, 7) is 8.18. The maximum absolute atomic E-state index is 13.6. The Kier molecular flexibility index (Phi) is 12.6. The van der Waals surface area contributed by atoms with Crippen LogP contribution in [0, 0.1) is 10.8 Å². The summed E-state index contributed by atoms with van der Waals surface area (Å²) in [6.07, 6.45) is -6.92. The smallest absolute Gasteiger partial charge is 0.380 e. The van der Waals surface area contributed by atoms with E-state index in [9.17, 15) is 39.5 Å². The molecular weight excluding hydrogens is 571 g/mol. The molecule has 0 saturated carbocycles. The quantitative estimate of drug-likeness (QED) is 0.121. The number of hydrogen-bond acceptors (Lipinski definition) is 6. The predicted molar refractivity (Wildman–Crippen MR) is 126 cm³/mol. The molecule has 2 fully saturated rings. The van der Waals surface area contributed by atoms with E-state index in [0.717, 1.165) is 24.6 Å². The average molecular weight is 609 g/mol. The van der Waals surface area contributed by atoms with E-state index in [-0.39, 0.29) is 42.5 Å². The molecule has 2 rings (SSSR count). The van der Waals surface area contributed by atoms with Crippen molar-refractivity contribution in [3.63, 3.8) is 0 Å². The van der Waals surface area contributed by atoms with Gasteiger partial charge in [0.25, 0.3) is 0 Å². The molecule has 2 heterocycles. The van der Waals surface area contributed by atoms with Crippen molar-refractivity contribution < 1.29 is 63.2 Å². The third-order valence-corrected chi connectivity index (χ3v) is 8.19. The van der Waals surface area contributed by atoms with Crippen LogP contribution in [0.5, 0.6) is 0 Å². The maximum atomic E-state index is 13.6. The molecule has 2 saturated heterocycles. The lowest BCUT2D eigenvalue weighted by Gasteiger charge is -2.42. The molecule has 0 amide bonds. The van der Waals surface area contributed by atoms with Gasteiger partial charge in [-0.15, -0.1) is 0 Å². The molecule has 232 valence electrons. The van der Waals surface area contributed by atoms with Gasteiger partial charge in [0, 0.05) is 23.9 Å². The minimum absolute atomic E-state index is 0.00149. The third kappa shape index (κ3) is 8.76. The van der Waals surface area contributed by atoms with Crippen molar-refractivity contribution in [2.24, 2.45) is 10.8 Å². The van der Waals surface area contributed by atoms with Gasteiger partial charge >= 0.3 is 23.9 Å². The third-order valence-electron chi connectivity index (χ3n) is 7.12. The Labute approximate surface area is 226 Å². The largest absolute Gasteiger partial charge is 0.460 e. The van der Waals surface area contributed by atoms with Crippen LogP contribution in [0.15, 0.2) is 0 Å². The number of thioether (sulfide) groups is 1. The molecule has 0 spiro atoms. The van der Waals surface area contributed by atoms with Crippen LogP contribution in [0.4, 0.5) is 39.5 Å². The molecule has 15 heteroatoms. The van der Waals surface area contributed by atoms with Crippen LogP contribution in [0.3, 0.4) is 0 Å². The Morgan fingerprint density at radius 2 is 1.28 bits per heavy atom. The first kappa shape index (κ1) is 34.7. The molecule has 39 heavy (non-hydrogen) atoms. The molecule has 0 aromatic rings. The number of hydrogen-bond donors (Lipinski definition) is 0. The molecular formula is C24H37F9O5S. The Hall–Kier alpha value is -0.480. The van der Waals surface area contributed by atoms with E-state index < -0.39 is 36.1 Å². The normalized spacial score (nSPS) is 20.4. The van der Waals surface area contributed by atoms with Crippen molar-refractivity contribution in [2.45, 2.75) is 69.6 Å². The fraction of sp³-hybridized carbons (Fsp3) is 1.00. The molecule has 2 aliphatic heterocycles. The van der Waals surface area contributed by atoms with Crippen LogP contribution in [0.2, 0.25) is 0 Å². The highest BCUT2D eigenvalue weighted by molar-refractivity contribution is 7.99. The highest BCUT2D eigenvalue weighted by Gasteiger charge is 2.81. The van der Waals surface area contributed by atoms with Gasteiger partial charge in [-0.2, -0.15) is 51.3 Å². The summed E-state index contributed by atoms with van der Waals surface area (Å²) in [7, 11) is 0. The van der Waals surface area contributed by atoms with E-state index in [0.29, 0.717) is 46.1 Å². The van der Waals surface area contributed by atoms with Gasteiger partial charge in [-0.05, 0) is 30.8 Å². The molecule has 1 atom stereocenters. The van der Waals surface area contributed by atoms with Crippen LogP contribution in [-0.4, -0.2) is 101 Å². The van der Waals surface area contributed by atoms with Gasteiger partial charge in [0.1, 0.15) is 6.10 Å². The van der Waals surface area contributed by atoms with Crippen LogP contribution < -0.4 is 0 Å². The molecule has 1 unspecified atom stereocenters. The van der Waals surface area contributed by atoms with Gasteiger partial charge in [-0.25, -0.2) is 0 Å². The molecule has 0 N–H and O–H groups in total. The summed E-state index contributed by atoms with van der Waals surface area (Å²) in [5, 5.41) is 0. The van der Waals surface area contributed by atoms with Gasteiger partial charge < -0.3 is 23.7 Å². The fourth-order valence-electron chi connectivity index (χ4n) is 3.75. The van der Waals surface area contributed by atoms with E-state index in [4.69, 9.17) is 23.7 Å². The Bertz CT molecular complexity index is 720. The van der Waals surface area contributed by atoms with E-state index in [2.05, 4.69) is 6.92 Å². The van der Waals surface area contributed by atoms with Crippen LogP contribution in [-0.2, 0) is 23.7 Å². The zero-order valence-corrected chi connectivity index (χ0v) is 22.9. The van der Waals surface area contributed by atoms with Crippen LogP contribution >= 0.6 is 11.8 Å². The molecule has 0 bridgehead atoms. The van der Waals surface area contributed by atoms with E-state index in [1.54, 1.807) is 0 Å². The molecule has 0 aromatic carbocycles. The topological polar surface area (TPSA) is 46.2 Å². The molecule has 5 nitrogen and oxygen atoms in total. The molecule has 0 aromatic heterocycles. The average Bonchev–Trinajstić information content (AvgIpc) is 2.80. The second-order valence-corrected chi connectivity index (χ2v) is 11.5. The second-order valence-electron chi connectivity index (χ2n) is 10.3. The van der Waals surface area contributed by atoms with E-state index >= 15 is 0 Å². The van der Waals surface area contributed by atoms with Gasteiger partial charge in [0.2, 0.25) is 0 Å². The van der Waals surface area contributed by atoms with Crippen LogP contribution in [0.1, 0.15) is 39.5 Å². The number of alkyl halides is 9. The van der Waals surface area contributed by atoms with Gasteiger partial charge in [-0.1, -0.05) is 13.8 Å². The lowest BCUT2D eigenvalue weighted by molar-refractivity contribution is -0.396. The van der Waals surface area contributed by atoms with Gasteiger partial charge in [0.15, 0.2) is 0 Å². The maximum Gasteiger partial charge on any atom is 0.460 e. The SMILES string of the molecule is CCC1(COCC(COCCCSCCC(F)(F)C(F)(F)C(F)(F)C(F)(F)F)OCC2(CC)COC2)COC1. The minimum atomic E-state index is -6.85. The minimum Gasteiger partial charge on any atom is -0.380 e. The zero-order valence-electron chi connectivity index (χ0n) is 22.0. The fourth-order valence-corrected chi connectivity index (χ4v) is 4.68. The summed E-state index contributed by atoms with van der Waals surface area (Å²) < 4.78 is 144. The second kappa shape index (κ2) is 14.1. The first-order valence-corrected chi connectivity index (χ1v) is 13.9. The Balaban J connectivity index is 1.70. The summed E-state index contributed by atoms with van der Waals surface area (Å²) >= 11 is 0.727. The van der Waals surface area contributed by atoms with Crippen molar-refractivity contribution in [3.8, 4) is 0 Å². The predicted octanol–water partition coefficient (Wildman–Crippen LogP) is 6.24. The van der Waals surface area contributed by atoms with E-state index in [1.807, 2.05) is 6.92 Å². The first-order valence-electron chi connectivity index (χ1n) is 12.8. The molecule has 0 radical (unpaired) electrons. The molecule has 2 aliphatic rings. The summed E-state index contributed by atoms with van der Waals surface area (Å²) in [4.78, 5) is 0. The Morgan fingerprint density at radius 3 is 1.77 bits per heavy atom. The highest BCUT2D eigenvalue weighted by Crippen LogP contribution is 2.54. The van der Waals surface area contributed by atoms with Crippen molar-refractivity contribution in [3.05, 3.63) is 0 Å². The summed E-state index contributed by atoms with van der Waals surface area (Å²) in [5.41, 5.74) is -0.0528. The zero-order chi connectivity index (χ0) is 29.4. The van der Waals surface area contributed by atoms with Gasteiger partial charge in [-0.3, -0.25) is 0 Å². The van der Waals surface area contributed by atoms with Crippen LogP contribution in [0.25, 0.3) is 0 Å². The van der Waals surface area contributed by atoms with Crippen molar-refractivity contribution in [1.29, 1.82) is 0 Å². The standard InChI is InChI=1S/C24H37F9O5S/c1-3-19(13-36-14-19)12-35-11-18(38-17-20(4-2)15-37-16-20)10-34-7-5-8-39-9-6-21(25,26)22(27,28)23(29,30)24(31,32)33/h18H,3-17H2,1-2H3. The number of rotatable bonds is 20. The number of ether oxygens (including phenoxy) is 5. The lowest BCUT2D eigenvalue weighted by Crippen LogP contribution is -2.60. The monoisotopic (exact) mass is 608 g/mol. The molecule has 0 aliphatic carbocycles. The number of halogens is 9. The van der Waals surface area contributed by atoms with Gasteiger partial charge in [0.05, 0.1) is 52.9 Å². The van der Waals surface area contributed by atoms with E-state index in [1.165, 1.54) is 0 Å². The Morgan fingerprint density at radius 1 is 0.744 bits per heavy atom. The van der Waals surface area contributed by atoms with Crippen molar-refractivity contribution >= 4 is 11.8 Å². The highest BCUT2D eigenvalue weighted by atomic mass is 32.2. The van der Waals surface area contributed by atoms with Crippen molar-refractivity contribution in [2.75, 3.05) is 71.0 Å². The summed E-state index contributed by atoms with van der Waals surface area (Å²) in [5.74, 6) is -19.5.